The first-order chi connectivity index (χ1) is 13.1. The van der Waals surface area contributed by atoms with E-state index in [-0.39, 0.29) is 11.8 Å². The zero-order chi connectivity index (χ0) is 19.6. The van der Waals surface area contributed by atoms with Crippen LogP contribution in [0.15, 0.2) is 42.7 Å². The van der Waals surface area contributed by atoms with Crippen molar-refractivity contribution in [1.82, 2.24) is 15.2 Å². The molecule has 1 aromatic heterocycles. The highest BCUT2D eigenvalue weighted by Crippen LogP contribution is 2.17. The lowest BCUT2D eigenvalue weighted by Crippen LogP contribution is -2.29. The number of nitrogens with zero attached hydrogens (tertiary/aromatic N) is 2. The van der Waals surface area contributed by atoms with Crippen LogP contribution in [0.5, 0.6) is 5.75 Å². The number of rotatable bonds is 9. The minimum absolute atomic E-state index is 0.125. The number of para-hydroxylation sites is 1. The Hall–Kier alpha value is -2.89. The molecule has 0 fully saturated rings. The number of hydrogen-bond acceptors (Lipinski definition) is 4. The van der Waals surface area contributed by atoms with Crippen molar-refractivity contribution in [1.29, 1.82) is 0 Å². The molecule has 6 heteroatoms. The average Bonchev–Trinajstić information content (AvgIpc) is 2.71. The molecule has 0 aliphatic rings. The highest BCUT2D eigenvalue weighted by molar-refractivity contribution is 5.99. The molecular weight excluding hydrogens is 342 g/mol. The van der Waals surface area contributed by atoms with Crippen molar-refractivity contribution in [2.45, 2.75) is 26.2 Å². The second-order valence-corrected chi connectivity index (χ2v) is 6.36. The quantitative estimate of drug-likeness (QED) is 0.738. The van der Waals surface area contributed by atoms with Crippen molar-refractivity contribution >= 4 is 11.8 Å². The Morgan fingerprint density at radius 3 is 2.67 bits per heavy atom. The van der Waals surface area contributed by atoms with Crippen LogP contribution in [0.25, 0.3) is 0 Å². The number of amides is 2. The number of methoxy groups -OCH3 is 1. The van der Waals surface area contributed by atoms with E-state index >= 15 is 0 Å². The molecule has 0 bridgehead atoms. The maximum Gasteiger partial charge on any atom is 0.255 e. The topological polar surface area (TPSA) is 71.5 Å². The Morgan fingerprint density at radius 2 is 1.93 bits per heavy atom. The predicted octanol–water partition coefficient (Wildman–Crippen LogP) is 2.93. The van der Waals surface area contributed by atoms with E-state index in [0.717, 1.165) is 24.2 Å². The summed E-state index contributed by atoms with van der Waals surface area (Å²) in [6.07, 6.45) is 5.59. The highest BCUT2D eigenvalue weighted by atomic mass is 16.5. The highest BCUT2D eigenvalue weighted by Gasteiger charge is 2.14. The zero-order valence-corrected chi connectivity index (χ0v) is 16.2. The first kappa shape index (κ1) is 20.4. The van der Waals surface area contributed by atoms with Crippen molar-refractivity contribution < 1.29 is 14.3 Å². The molecular formula is C21H27N3O3. The minimum Gasteiger partial charge on any atom is -0.496 e. The van der Waals surface area contributed by atoms with Crippen molar-refractivity contribution in [2.75, 3.05) is 27.2 Å². The first-order valence-electron chi connectivity index (χ1n) is 9.17. The van der Waals surface area contributed by atoms with E-state index in [1.54, 1.807) is 25.1 Å². The molecule has 0 radical (unpaired) electrons. The number of benzene rings is 1. The van der Waals surface area contributed by atoms with E-state index in [1.165, 1.54) is 12.4 Å². The summed E-state index contributed by atoms with van der Waals surface area (Å²) >= 11 is 0. The Morgan fingerprint density at radius 1 is 1.19 bits per heavy atom. The van der Waals surface area contributed by atoms with Crippen LogP contribution in [-0.2, 0) is 6.42 Å². The average molecular weight is 369 g/mol. The van der Waals surface area contributed by atoms with Crippen LogP contribution in [0.1, 0.15) is 46.0 Å². The monoisotopic (exact) mass is 369 g/mol. The zero-order valence-electron chi connectivity index (χ0n) is 16.2. The normalized spacial score (nSPS) is 10.3. The Balaban J connectivity index is 1.95. The molecule has 0 atom stereocenters. The van der Waals surface area contributed by atoms with Gasteiger partial charge in [-0.05, 0) is 30.5 Å². The van der Waals surface area contributed by atoms with Crippen molar-refractivity contribution in [3.8, 4) is 5.75 Å². The van der Waals surface area contributed by atoms with E-state index < -0.39 is 0 Å². The fraction of sp³-hybridized carbons (Fsp3) is 0.381. The van der Waals surface area contributed by atoms with E-state index in [2.05, 4.69) is 17.2 Å². The SMILES string of the molecule is CCCCN(C)C(=O)c1cncc(C(=O)NCCc2ccccc2OC)c1. The summed E-state index contributed by atoms with van der Waals surface area (Å²) in [5, 5.41) is 2.87. The molecule has 2 rings (SSSR count). The molecule has 1 heterocycles. The van der Waals surface area contributed by atoms with E-state index in [9.17, 15) is 9.59 Å². The maximum absolute atomic E-state index is 12.4. The van der Waals surface area contributed by atoms with Gasteiger partial charge in [0.15, 0.2) is 0 Å². The van der Waals surface area contributed by atoms with Gasteiger partial charge in [-0.1, -0.05) is 31.5 Å². The van der Waals surface area contributed by atoms with E-state index in [0.29, 0.717) is 30.6 Å². The van der Waals surface area contributed by atoms with Gasteiger partial charge in [-0.25, -0.2) is 0 Å². The molecule has 2 aromatic rings. The molecule has 0 aliphatic carbocycles. The Kier molecular flexibility index (Phi) is 7.79. The molecule has 0 unspecified atom stereocenters. The summed E-state index contributed by atoms with van der Waals surface area (Å²) in [6, 6.07) is 9.31. The Labute approximate surface area is 160 Å². The van der Waals surface area contributed by atoms with Gasteiger partial charge in [0.05, 0.1) is 18.2 Å². The van der Waals surface area contributed by atoms with Crippen LogP contribution >= 0.6 is 0 Å². The van der Waals surface area contributed by atoms with Gasteiger partial charge >= 0.3 is 0 Å². The van der Waals surface area contributed by atoms with Gasteiger partial charge in [-0.2, -0.15) is 0 Å². The molecule has 2 amide bonds. The molecule has 0 aliphatic heterocycles. The van der Waals surface area contributed by atoms with Gasteiger partial charge in [-0.3, -0.25) is 14.6 Å². The summed E-state index contributed by atoms with van der Waals surface area (Å²) in [5.41, 5.74) is 1.83. The second kappa shape index (κ2) is 10.3. The molecule has 144 valence electrons. The molecule has 0 saturated carbocycles. The lowest BCUT2D eigenvalue weighted by Gasteiger charge is -2.16. The number of carbonyl (C=O) groups is 2. The fourth-order valence-electron chi connectivity index (χ4n) is 2.72. The van der Waals surface area contributed by atoms with Gasteiger partial charge in [0.25, 0.3) is 11.8 Å². The standard InChI is InChI=1S/C21H27N3O3/c1-4-5-12-24(2)21(26)18-13-17(14-22-15-18)20(25)23-11-10-16-8-6-7-9-19(16)27-3/h6-9,13-15H,4-5,10-12H2,1-3H3,(H,23,25). The summed E-state index contributed by atoms with van der Waals surface area (Å²) in [7, 11) is 3.39. The lowest BCUT2D eigenvalue weighted by molar-refractivity contribution is 0.0793. The van der Waals surface area contributed by atoms with Crippen LogP contribution < -0.4 is 10.1 Å². The van der Waals surface area contributed by atoms with Crippen LogP contribution in [0, 0.1) is 0 Å². The van der Waals surface area contributed by atoms with Gasteiger partial charge < -0.3 is 15.0 Å². The van der Waals surface area contributed by atoms with Crippen molar-refractivity contribution in [2.24, 2.45) is 0 Å². The molecule has 27 heavy (non-hydrogen) atoms. The van der Waals surface area contributed by atoms with Crippen LogP contribution in [0.2, 0.25) is 0 Å². The number of ether oxygens (including phenoxy) is 1. The fourth-order valence-corrected chi connectivity index (χ4v) is 2.72. The number of unbranched alkanes of at least 4 members (excludes halogenated alkanes) is 1. The van der Waals surface area contributed by atoms with Gasteiger partial charge in [0.2, 0.25) is 0 Å². The third kappa shape index (κ3) is 5.81. The number of nitrogens with one attached hydrogen (secondary N) is 1. The summed E-state index contributed by atoms with van der Waals surface area (Å²) in [4.78, 5) is 30.5. The first-order valence-corrected chi connectivity index (χ1v) is 9.17. The number of hydrogen-bond donors (Lipinski definition) is 1. The van der Waals surface area contributed by atoms with Gasteiger partial charge in [0, 0.05) is 32.5 Å². The molecule has 0 saturated heterocycles. The Bertz CT molecular complexity index is 777. The molecule has 1 aromatic carbocycles. The maximum atomic E-state index is 12.4. The lowest BCUT2D eigenvalue weighted by atomic mass is 10.1. The third-order valence-electron chi connectivity index (χ3n) is 4.31. The second-order valence-electron chi connectivity index (χ2n) is 6.36. The van der Waals surface area contributed by atoms with Crippen molar-refractivity contribution in [3.05, 3.63) is 59.4 Å². The molecule has 0 spiro atoms. The van der Waals surface area contributed by atoms with Gasteiger partial charge in [0.1, 0.15) is 5.75 Å². The number of pyridine rings is 1. The predicted molar refractivity (Wildman–Crippen MR) is 105 cm³/mol. The largest absolute Gasteiger partial charge is 0.496 e. The van der Waals surface area contributed by atoms with Crippen LogP contribution in [0.3, 0.4) is 0 Å². The number of aromatic nitrogens is 1. The van der Waals surface area contributed by atoms with Crippen LogP contribution in [-0.4, -0.2) is 48.9 Å². The van der Waals surface area contributed by atoms with Gasteiger partial charge in [-0.15, -0.1) is 0 Å². The van der Waals surface area contributed by atoms with E-state index in [1.807, 2.05) is 24.3 Å². The summed E-state index contributed by atoms with van der Waals surface area (Å²) in [5.74, 6) is 0.430. The van der Waals surface area contributed by atoms with Crippen LogP contribution in [0.4, 0.5) is 0 Å². The molecule has 6 nitrogen and oxygen atoms in total. The minimum atomic E-state index is -0.247. The third-order valence-corrected chi connectivity index (χ3v) is 4.31. The summed E-state index contributed by atoms with van der Waals surface area (Å²) < 4.78 is 5.32. The van der Waals surface area contributed by atoms with Crippen molar-refractivity contribution in [3.63, 3.8) is 0 Å². The molecule has 1 N–H and O–H groups in total. The number of carbonyl (C=O) groups excluding carboxylic acids is 2. The summed E-state index contributed by atoms with van der Waals surface area (Å²) in [6.45, 7) is 3.23. The van der Waals surface area contributed by atoms with E-state index in [4.69, 9.17) is 4.74 Å². The smallest absolute Gasteiger partial charge is 0.255 e.